The van der Waals surface area contributed by atoms with Gasteiger partial charge in [0.25, 0.3) is 0 Å². The second kappa shape index (κ2) is 7.10. The normalized spacial score (nSPS) is 16.6. The van der Waals surface area contributed by atoms with Gasteiger partial charge in [-0.15, -0.1) is 0 Å². The number of nitrogens with zero attached hydrogens (tertiary/aromatic N) is 2. The van der Waals surface area contributed by atoms with E-state index in [4.69, 9.17) is 9.26 Å². The third kappa shape index (κ3) is 4.09. The van der Waals surface area contributed by atoms with Crippen molar-refractivity contribution < 1.29 is 14.4 Å². The molecule has 23 heavy (non-hydrogen) atoms. The van der Waals surface area contributed by atoms with Crippen molar-refractivity contribution in [1.82, 2.24) is 15.5 Å². The van der Waals surface area contributed by atoms with Gasteiger partial charge in [-0.1, -0.05) is 30.1 Å². The second-order valence-corrected chi connectivity index (χ2v) is 6.16. The Bertz CT molecular complexity index is 618. The van der Waals surface area contributed by atoms with Crippen LogP contribution in [-0.4, -0.2) is 27.4 Å². The van der Waals surface area contributed by atoms with Crippen LogP contribution in [0, 0.1) is 6.92 Å². The molecule has 0 radical (unpaired) electrons. The zero-order valence-corrected chi connectivity index (χ0v) is 13.4. The predicted octanol–water partition coefficient (Wildman–Crippen LogP) is 2.35. The van der Waals surface area contributed by atoms with Crippen LogP contribution in [0.4, 0.5) is 0 Å². The summed E-state index contributed by atoms with van der Waals surface area (Å²) in [6.07, 6.45) is 4.48. The monoisotopic (exact) mass is 317 g/mol. The Balaban J connectivity index is 1.50. The van der Waals surface area contributed by atoms with Crippen LogP contribution >= 0.6 is 0 Å². The molecule has 2 N–H and O–H groups in total. The highest BCUT2D eigenvalue weighted by molar-refractivity contribution is 5.27. The van der Waals surface area contributed by atoms with E-state index in [9.17, 15) is 5.11 Å². The Morgan fingerprint density at radius 3 is 2.61 bits per heavy atom. The molecule has 0 aliphatic heterocycles. The van der Waals surface area contributed by atoms with Crippen LogP contribution in [0.2, 0.25) is 0 Å². The summed E-state index contributed by atoms with van der Waals surface area (Å²) in [4.78, 5) is 4.10. The molecule has 0 saturated heterocycles. The van der Waals surface area contributed by atoms with E-state index in [0.29, 0.717) is 18.3 Å². The van der Waals surface area contributed by atoms with Crippen LogP contribution in [0.25, 0.3) is 0 Å². The molecule has 124 valence electrons. The van der Waals surface area contributed by atoms with Gasteiger partial charge < -0.3 is 19.7 Å². The Morgan fingerprint density at radius 2 is 2.00 bits per heavy atom. The molecule has 0 spiro atoms. The van der Waals surface area contributed by atoms with Gasteiger partial charge in [0.05, 0.1) is 6.61 Å². The maximum atomic E-state index is 9.62. The summed E-state index contributed by atoms with van der Waals surface area (Å²) in [6, 6.07) is 7.93. The molecule has 1 aliphatic carbocycles. The van der Waals surface area contributed by atoms with E-state index in [2.05, 4.69) is 15.5 Å². The molecule has 6 nitrogen and oxygen atoms in total. The van der Waals surface area contributed by atoms with Crippen molar-refractivity contribution in [2.75, 3.05) is 6.61 Å². The lowest BCUT2D eigenvalue weighted by Gasteiger charge is -2.28. The topological polar surface area (TPSA) is 80.4 Å². The van der Waals surface area contributed by atoms with Crippen LogP contribution in [0.1, 0.15) is 43.0 Å². The quantitative estimate of drug-likeness (QED) is 0.816. The third-order valence-corrected chi connectivity index (χ3v) is 4.39. The molecule has 1 saturated carbocycles. The lowest BCUT2D eigenvalue weighted by atomic mass is 9.98. The van der Waals surface area contributed by atoms with Crippen molar-refractivity contribution in [2.24, 2.45) is 0 Å². The fourth-order valence-corrected chi connectivity index (χ4v) is 2.98. The fraction of sp³-hybridized carbons (Fsp3) is 0.529. The van der Waals surface area contributed by atoms with Crippen LogP contribution < -0.4 is 10.1 Å². The highest BCUT2D eigenvalue weighted by atomic mass is 16.5. The highest BCUT2D eigenvalue weighted by Gasteiger charge is 2.32. The molecule has 3 rings (SSSR count). The van der Waals surface area contributed by atoms with Gasteiger partial charge in [-0.05, 0) is 30.5 Å². The smallest absolute Gasteiger partial charge is 0.223 e. The Hall–Kier alpha value is -1.92. The third-order valence-electron chi connectivity index (χ3n) is 4.39. The summed E-state index contributed by atoms with van der Waals surface area (Å²) in [5.74, 6) is 1.85. The highest BCUT2D eigenvalue weighted by Crippen LogP contribution is 2.29. The number of hydrogen-bond donors (Lipinski definition) is 2. The maximum Gasteiger partial charge on any atom is 0.223 e. The average Bonchev–Trinajstić information content (AvgIpc) is 3.21. The van der Waals surface area contributed by atoms with E-state index in [1.807, 2.05) is 24.3 Å². The van der Waals surface area contributed by atoms with Crippen molar-refractivity contribution in [3.8, 4) is 5.75 Å². The van der Waals surface area contributed by atoms with Gasteiger partial charge in [0, 0.05) is 19.0 Å². The summed E-state index contributed by atoms with van der Waals surface area (Å²) in [7, 11) is 0. The number of aromatic nitrogens is 2. The van der Waals surface area contributed by atoms with Gasteiger partial charge in [-0.25, -0.2) is 0 Å². The number of aliphatic hydroxyl groups excluding tert-OH is 1. The molecule has 0 unspecified atom stereocenters. The lowest BCUT2D eigenvalue weighted by Crippen LogP contribution is -2.45. The first-order chi connectivity index (χ1) is 11.2. The van der Waals surface area contributed by atoms with Crippen molar-refractivity contribution >= 4 is 0 Å². The minimum Gasteiger partial charge on any atom is -0.485 e. The summed E-state index contributed by atoms with van der Waals surface area (Å²) in [5, 5.41) is 16.9. The van der Waals surface area contributed by atoms with Gasteiger partial charge in [0.15, 0.2) is 6.61 Å². The first-order valence-electron chi connectivity index (χ1n) is 8.06. The minimum atomic E-state index is -0.0916. The van der Waals surface area contributed by atoms with Crippen molar-refractivity contribution in [3.63, 3.8) is 0 Å². The minimum absolute atomic E-state index is 0.0916. The van der Waals surface area contributed by atoms with Gasteiger partial charge in [0.1, 0.15) is 5.75 Å². The van der Waals surface area contributed by atoms with Crippen molar-refractivity contribution in [3.05, 3.63) is 41.5 Å². The van der Waals surface area contributed by atoms with Crippen LogP contribution in [0.3, 0.4) is 0 Å². The van der Waals surface area contributed by atoms with E-state index in [0.717, 1.165) is 25.1 Å². The van der Waals surface area contributed by atoms with E-state index in [1.165, 1.54) is 18.4 Å². The average molecular weight is 317 g/mol. The SMILES string of the molecule is Cc1nc(COc2ccc(CNC3(CO)CCCC3)cc2)no1. The molecule has 0 amide bonds. The zero-order chi connectivity index (χ0) is 16.1. The molecule has 1 fully saturated rings. The van der Waals surface area contributed by atoms with Crippen molar-refractivity contribution in [2.45, 2.75) is 51.3 Å². The number of hydrogen-bond acceptors (Lipinski definition) is 6. The van der Waals surface area contributed by atoms with Crippen LogP contribution in [-0.2, 0) is 13.2 Å². The number of benzene rings is 1. The number of aliphatic hydroxyl groups is 1. The van der Waals surface area contributed by atoms with Crippen molar-refractivity contribution in [1.29, 1.82) is 0 Å². The maximum absolute atomic E-state index is 9.62. The van der Waals surface area contributed by atoms with Crippen LogP contribution in [0.5, 0.6) is 5.75 Å². The van der Waals surface area contributed by atoms with Gasteiger partial charge >= 0.3 is 0 Å². The number of nitrogens with one attached hydrogen (secondary N) is 1. The Morgan fingerprint density at radius 1 is 1.26 bits per heavy atom. The predicted molar refractivity (Wildman–Crippen MR) is 84.9 cm³/mol. The molecule has 2 aromatic rings. The van der Waals surface area contributed by atoms with E-state index >= 15 is 0 Å². The summed E-state index contributed by atoms with van der Waals surface area (Å²) < 4.78 is 10.5. The largest absolute Gasteiger partial charge is 0.485 e. The first-order valence-corrected chi connectivity index (χ1v) is 8.06. The fourth-order valence-electron chi connectivity index (χ4n) is 2.98. The van der Waals surface area contributed by atoms with Gasteiger partial charge in [-0.2, -0.15) is 4.98 Å². The number of aryl methyl sites for hydroxylation is 1. The summed E-state index contributed by atoms with van der Waals surface area (Å²) >= 11 is 0. The molecule has 1 heterocycles. The molecule has 1 aliphatic rings. The molecular formula is C17H23N3O3. The Kier molecular flexibility index (Phi) is 4.93. The van der Waals surface area contributed by atoms with E-state index < -0.39 is 0 Å². The summed E-state index contributed by atoms with van der Waals surface area (Å²) in [5.41, 5.74) is 1.08. The Labute approximate surface area is 135 Å². The van der Waals surface area contributed by atoms with E-state index in [1.54, 1.807) is 6.92 Å². The lowest BCUT2D eigenvalue weighted by molar-refractivity contribution is 0.163. The first kappa shape index (κ1) is 16.0. The van der Waals surface area contributed by atoms with Gasteiger partial charge in [-0.3, -0.25) is 0 Å². The number of ether oxygens (including phenoxy) is 1. The molecule has 1 aromatic carbocycles. The standard InChI is InChI=1S/C17H23N3O3/c1-13-19-16(20-23-13)11-22-15-6-4-14(5-7-15)10-18-17(12-21)8-2-3-9-17/h4-7,18,21H,2-3,8-12H2,1H3. The molecular weight excluding hydrogens is 294 g/mol. The van der Waals surface area contributed by atoms with Crippen LogP contribution in [0.15, 0.2) is 28.8 Å². The second-order valence-electron chi connectivity index (χ2n) is 6.16. The zero-order valence-electron chi connectivity index (χ0n) is 13.4. The molecule has 6 heteroatoms. The molecule has 0 bridgehead atoms. The number of rotatable bonds is 7. The van der Waals surface area contributed by atoms with E-state index in [-0.39, 0.29) is 12.1 Å². The van der Waals surface area contributed by atoms with Gasteiger partial charge in [0.2, 0.25) is 11.7 Å². The molecule has 1 aromatic heterocycles. The molecule has 0 atom stereocenters. The summed E-state index contributed by atoms with van der Waals surface area (Å²) in [6.45, 7) is 3.01.